The van der Waals surface area contributed by atoms with Crippen LogP contribution in [0.3, 0.4) is 0 Å². The quantitative estimate of drug-likeness (QED) is 0.812. The van der Waals surface area contributed by atoms with Gasteiger partial charge in [-0.1, -0.05) is 31.2 Å². The number of hydrogen-bond donors (Lipinski definition) is 1. The normalized spacial score (nSPS) is 12.1. The van der Waals surface area contributed by atoms with Gasteiger partial charge in [-0.15, -0.1) is 0 Å². The summed E-state index contributed by atoms with van der Waals surface area (Å²) in [5.41, 5.74) is -0.606. The zero-order valence-electron chi connectivity index (χ0n) is 9.52. The predicted molar refractivity (Wildman–Crippen MR) is 55.9 cm³/mol. The molecule has 0 unspecified atom stereocenters. The van der Waals surface area contributed by atoms with E-state index in [1.54, 1.807) is 6.92 Å². The lowest BCUT2D eigenvalue weighted by molar-refractivity contribution is -0.270. The van der Waals surface area contributed by atoms with E-state index in [1.165, 1.54) is 6.07 Å². The average Bonchev–Trinajstić information content (AvgIpc) is 2.27. The Balaban J connectivity index is 3.48. The van der Waals surface area contributed by atoms with E-state index in [2.05, 4.69) is 0 Å². The van der Waals surface area contributed by atoms with Crippen LogP contribution < -0.4 is 10.2 Å². The molecular formula is C12H12O5-2. The zero-order valence-corrected chi connectivity index (χ0v) is 9.52. The third-order valence-corrected chi connectivity index (χ3v) is 2.73. The first-order chi connectivity index (χ1) is 7.88. The number of carbonyl (C=O) groups is 2. The lowest BCUT2D eigenvalue weighted by Gasteiger charge is -2.22. The summed E-state index contributed by atoms with van der Waals surface area (Å²) in [6, 6.07) is 2.03. The molecule has 0 aliphatic rings. The van der Waals surface area contributed by atoms with Gasteiger partial charge in [0.05, 0.1) is 11.5 Å². The molecule has 0 aliphatic heterocycles. The summed E-state index contributed by atoms with van der Waals surface area (Å²) < 4.78 is 0. The second-order valence-corrected chi connectivity index (χ2v) is 3.84. The van der Waals surface area contributed by atoms with Crippen molar-refractivity contribution in [2.45, 2.75) is 26.2 Å². The van der Waals surface area contributed by atoms with Crippen LogP contribution in [0, 0.1) is 0 Å². The molecule has 0 bridgehead atoms. The van der Waals surface area contributed by atoms with E-state index < -0.39 is 23.3 Å². The molecule has 1 rings (SSSR count). The van der Waals surface area contributed by atoms with Crippen LogP contribution in [0.4, 0.5) is 0 Å². The predicted octanol–water partition coefficient (Wildman–Crippen LogP) is 0.335. The number of carboxylic acid groups (broad SMARTS) is 2. The van der Waals surface area contributed by atoms with Crippen LogP contribution in [0.15, 0.2) is 12.1 Å². The van der Waals surface area contributed by atoms with Crippen LogP contribution in [0.25, 0.3) is 0 Å². The van der Waals surface area contributed by atoms with Crippen molar-refractivity contribution in [2.75, 3.05) is 0 Å². The Bertz CT molecular complexity index is 464. The first-order valence-electron chi connectivity index (χ1n) is 5.18. The molecule has 0 heterocycles. The van der Waals surface area contributed by atoms with Gasteiger partial charge in [-0.2, -0.15) is 0 Å². The van der Waals surface area contributed by atoms with Gasteiger partial charge in [-0.05, 0) is 24.0 Å². The standard InChI is InChI=1S/C12H14O5/c1-3-6(2)8-4-7(11(14)15)5-9(10(8)13)12(16)17/h4-6,13H,3H2,1-2H3,(H,14,15)(H,16,17)/p-2/t6-/m1/s1. The number of rotatable bonds is 4. The van der Waals surface area contributed by atoms with Gasteiger partial charge in [0.2, 0.25) is 0 Å². The van der Waals surface area contributed by atoms with Crippen molar-refractivity contribution in [2.24, 2.45) is 0 Å². The zero-order chi connectivity index (χ0) is 13.2. The van der Waals surface area contributed by atoms with E-state index in [1.807, 2.05) is 6.92 Å². The summed E-state index contributed by atoms with van der Waals surface area (Å²) in [7, 11) is 0. The number of aromatic carboxylic acids is 2. The highest BCUT2D eigenvalue weighted by Crippen LogP contribution is 2.30. The molecule has 1 atom stereocenters. The topological polar surface area (TPSA) is 100 Å². The molecule has 5 nitrogen and oxygen atoms in total. The average molecular weight is 236 g/mol. The lowest BCUT2D eigenvalue weighted by atomic mass is 9.93. The van der Waals surface area contributed by atoms with Crippen LogP contribution in [-0.2, 0) is 0 Å². The van der Waals surface area contributed by atoms with Crippen LogP contribution >= 0.6 is 0 Å². The Kier molecular flexibility index (Phi) is 3.73. The van der Waals surface area contributed by atoms with Gasteiger partial charge < -0.3 is 20.1 Å². The maximum Gasteiger partial charge on any atom is 0.335 e. The molecule has 5 heteroatoms. The number of hydrogen-bond acceptors (Lipinski definition) is 4. The summed E-state index contributed by atoms with van der Waals surface area (Å²) in [5, 5.41) is 31.4. The molecule has 1 aromatic rings. The molecule has 92 valence electrons. The fourth-order valence-electron chi connectivity index (χ4n) is 1.51. The van der Waals surface area contributed by atoms with E-state index in [-0.39, 0.29) is 17.0 Å². The molecular weight excluding hydrogens is 224 g/mol. The van der Waals surface area contributed by atoms with Gasteiger partial charge in [0.1, 0.15) is 0 Å². The van der Waals surface area contributed by atoms with Crippen LogP contribution in [0.1, 0.15) is 52.5 Å². The van der Waals surface area contributed by atoms with Gasteiger partial charge in [-0.25, -0.2) is 4.79 Å². The maximum atomic E-state index is 11.8. The monoisotopic (exact) mass is 236 g/mol. The molecule has 0 fully saturated rings. The molecule has 0 spiro atoms. The minimum absolute atomic E-state index is 0.195. The van der Waals surface area contributed by atoms with Crippen LogP contribution in [0.2, 0.25) is 0 Å². The van der Waals surface area contributed by atoms with Gasteiger partial charge in [0, 0.05) is 0 Å². The number of benzene rings is 1. The van der Waals surface area contributed by atoms with Gasteiger partial charge in [0.15, 0.2) is 0 Å². The third-order valence-electron chi connectivity index (χ3n) is 2.73. The lowest BCUT2D eigenvalue weighted by Crippen LogP contribution is -2.23. The van der Waals surface area contributed by atoms with Crippen molar-refractivity contribution in [3.05, 3.63) is 28.8 Å². The second-order valence-electron chi connectivity index (χ2n) is 3.84. The Labute approximate surface area is 98.3 Å². The van der Waals surface area contributed by atoms with E-state index in [0.717, 1.165) is 6.07 Å². The van der Waals surface area contributed by atoms with Crippen LogP contribution in [0.5, 0.6) is 5.75 Å². The highest BCUT2D eigenvalue weighted by Gasteiger charge is 2.13. The second kappa shape index (κ2) is 4.86. The SMILES string of the molecule is CC[C@@H](C)c1cc(C(=O)[O-])cc(C(=O)O)c1[O-]. The van der Waals surface area contributed by atoms with E-state index in [9.17, 15) is 19.8 Å². The van der Waals surface area contributed by atoms with Crippen molar-refractivity contribution in [3.63, 3.8) is 0 Å². The fraction of sp³-hybridized carbons (Fsp3) is 0.333. The molecule has 0 saturated carbocycles. The summed E-state index contributed by atoms with van der Waals surface area (Å²) in [5.74, 6) is -3.74. The van der Waals surface area contributed by atoms with Crippen molar-refractivity contribution in [3.8, 4) is 5.75 Å². The van der Waals surface area contributed by atoms with Gasteiger partial charge in [-0.3, -0.25) is 0 Å². The minimum atomic E-state index is -1.49. The summed E-state index contributed by atoms with van der Waals surface area (Å²) in [6.45, 7) is 3.57. The highest BCUT2D eigenvalue weighted by molar-refractivity contribution is 5.95. The summed E-state index contributed by atoms with van der Waals surface area (Å²) in [4.78, 5) is 21.6. The highest BCUT2D eigenvalue weighted by atomic mass is 16.4. The summed E-state index contributed by atoms with van der Waals surface area (Å²) in [6.07, 6.45) is 0.616. The number of carboxylic acids is 2. The Morgan fingerprint density at radius 3 is 2.41 bits per heavy atom. The van der Waals surface area contributed by atoms with Crippen LogP contribution in [-0.4, -0.2) is 17.0 Å². The molecule has 17 heavy (non-hydrogen) atoms. The molecule has 0 aromatic heterocycles. The first-order valence-corrected chi connectivity index (χ1v) is 5.18. The van der Waals surface area contributed by atoms with Crippen molar-refractivity contribution < 1.29 is 24.9 Å². The van der Waals surface area contributed by atoms with Gasteiger partial charge >= 0.3 is 5.97 Å². The molecule has 0 aliphatic carbocycles. The smallest absolute Gasteiger partial charge is 0.335 e. The summed E-state index contributed by atoms with van der Waals surface area (Å²) >= 11 is 0. The molecule has 1 aromatic carbocycles. The van der Waals surface area contributed by atoms with Crippen molar-refractivity contribution in [1.82, 2.24) is 0 Å². The molecule has 1 N–H and O–H groups in total. The number of carbonyl (C=O) groups excluding carboxylic acids is 1. The first kappa shape index (κ1) is 13.0. The van der Waals surface area contributed by atoms with Crippen molar-refractivity contribution in [1.29, 1.82) is 0 Å². The molecule has 0 amide bonds. The Hall–Kier alpha value is -2.04. The third kappa shape index (κ3) is 2.55. The maximum absolute atomic E-state index is 11.8. The van der Waals surface area contributed by atoms with E-state index >= 15 is 0 Å². The molecule has 0 radical (unpaired) electrons. The Morgan fingerprint density at radius 2 is 2.00 bits per heavy atom. The largest absolute Gasteiger partial charge is 0.872 e. The van der Waals surface area contributed by atoms with Gasteiger partial charge in [0.25, 0.3) is 0 Å². The minimum Gasteiger partial charge on any atom is -0.872 e. The Morgan fingerprint density at radius 1 is 1.41 bits per heavy atom. The van der Waals surface area contributed by atoms with E-state index in [4.69, 9.17) is 5.11 Å². The van der Waals surface area contributed by atoms with E-state index in [0.29, 0.717) is 6.42 Å². The van der Waals surface area contributed by atoms with Crippen molar-refractivity contribution >= 4 is 11.9 Å². The molecule has 0 saturated heterocycles. The fourth-order valence-corrected chi connectivity index (χ4v) is 1.51.